The van der Waals surface area contributed by atoms with Crippen LogP contribution < -0.4 is 15.8 Å². The monoisotopic (exact) mass is 138 g/mol. The van der Waals surface area contributed by atoms with E-state index in [0.29, 0.717) is 0 Å². The van der Waals surface area contributed by atoms with E-state index in [1.165, 1.54) is 4.57 Å². The second-order valence-corrected chi connectivity index (χ2v) is 1.73. The van der Waals surface area contributed by atoms with E-state index in [1.54, 1.807) is 24.5 Å². The van der Waals surface area contributed by atoms with Crippen molar-refractivity contribution < 1.29 is 9.36 Å². The Morgan fingerprint density at radius 1 is 1.30 bits per heavy atom. The van der Waals surface area contributed by atoms with Crippen LogP contribution in [0.25, 0.3) is 0 Å². The summed E-state index contributed by atoms with van der Waals surface area (Å²) in [6.45, 7) is 0. The van der Waals surface area contributed by atoms with Crippen molar-refractivity contribution in [2.24, 2.45) is 5.84 Å². The van der Waals surface area contributed by atoms with Crippen LogP contribution >= 0.6 is 0 Å². The number of nitrogens with two attached hydrogens (primary N) is 1. The topological polar surface area (TPSA) is 59.0 Å². The van der Waals surface area contributed by atoms with Gasteiger partial charge in [0.1, 0.15) is 0 Å². The molecule has 0 saturated carbocycles. The summed E-state index contributed by atoms with van der Waals surface area (Å²) in [6.07, 6.45) is 3.23. The zero-order chi connectivity index (χ0) is 7.40. The first-order valence-electron chi connectivity index (χ1n) is 2.82. The van der Waals surface area contributed by atoms with Crippen molar-refractivity contribution in [2.75, 3.05) is 0 Å². The zero-order valence-electron chi connectivity index (χ0n) is 5.32. The lowest BCUT2D eigenvalue weighted by molar-refractivity contribution is -0.572. The molecule has 1 aromatic rings. The number of amides is 1. The number of pyridine rings is 1. The molecule has 1 aromatic heterocycles. The SMILES string of the molecule is NNC(=O)[n+]1ccccc1. The fourth-order valence-corrected chi connectivity index (χ4v) is 0.609. The molecule has 4 heteroatoms. The van der Waals surface area contributed by atoms with Gasteiger partial charge in [-0.3, -0.25) is 0 Å². The molecule has 0 aliphatic carbocycles. The minimum absolute atomic E-state index is 0.347. The van der Waals surface area contributed by atoms with Crippen LogP contribution in [0.2, 0.25) is 0 Å². The van der Waals surface area contributed by atoms with Gasteiger partial charge in [0.2, 0.25) is 0 Å². The molecule has 0 spiro atoms. The third kappa shape index (κ3) is 1.29. The van der Waals surface area contributed by atoms with Crippen molar-refractivity contribution in [3.63, 3.8) is 0 Å². The number of hydrogen-bond acceptors (Lipinski definition) is 2. The zero-order valence-corrected chi connectivity index (χ0v) is 5.32. The molecule has 0 radical (unpaired) electrons. The predicted octanol–water partition coefficient (Wildman–Crippen LogP) is -0.594. The second-order valence-electron chi connectivity index (χ2n) is 1.73. The molecule has 0 unspecified atom stereocenters. The molecule has 1 amide bonds. The Kier molecular flexibility index (Phi) is 1.96. The number of nitrogens with zero attached hydrogens (tertiary/aromatic N) is 1. The van der Waals surface area contributed by atoms with Crippen LogP contribution in [-0.4, -0.2) is 6.03 Å². The van der Waals surface area contributed by atoms with E-state index in [2.05, 4.69) is 0 Å². The summed E-state index contributed by atoms with van der Waals surface area (Å²) in [5.74, 6) is 4.88. The van der Waals surface area contributed by atoms with Crippen molar-refractivity contribution >= 4 is 6.03 Å². The number of rotatable bonds is 0. The van der Waals surface area contributed by atoms with Crippen LogP contribution in [0.15, 0.2) is 30.6 Å². The lowest BCUT2D eigenvalue weighted by atomic mass is 10.5. The highest BCUT2D eigenvalue weighted by Gasteiger charge is 2.06. The molecule has 0 atom stereocenters. The number of hydrazine groups is 1. The fraction of sp³-hybridized carbons (Fsp3) is 0. The Bertz CT molecular complexity index is 222. The maximum atomic E-state index is 10.7. The lowest BCUT2D eigenvalue weighted by Gasteiger charge is -1.90. The second kappa shape index (κ2) is 2.93. The fourth-order valence-electron chi connectivity index (χ4n) is 0.609. The van der Waals surface area contributed by atoms with E-state index in [9.17, 15) is 4.79 Å². The van der Waals surface area contributed by atoms with Gasteiger partial charge in [-0.2, -0.15) is 20.6 Å². The molecule has 1 rings (SSSR count). The Balaban J connectivity index is 2.85. The highest BCUT2D eigenvalue weighted by Crippen LogP contribution is 1.74. The van der Waals surface area contributed by atoms with Gasteiger partial charge in [0.15, 0.2) is 0 Å². The summed E-state index contributed by atoms with van der Waals surface area (Å²) >= 11 is 0. The van der Waals surface area contributed by atoms with Gasteiger partial charge >= 0.3 is 6.03 Å². The van der Waals surface area contributed by atoms with Crippen LogP contribution in [0.3, 0.4) is 0 Å². The van der Waals surface area contributed by atoms with Crippen molar-refractivity contribution in [1.82, 2.24) is 5.43 Å². The number of carbonyl (C=O) groups excluding carboxylic acids is 1. The Labute approximate surface area is 58.2 Å². The maximum absolute atomic E-state index is 10.7. The molecule has 10 heavy (non-hydrogen) atoms. The molecule has 0 fully saturated rings. The molecule has 4 nitrogen and oxygen atoms in total. The largest absolute Gasteiger partial charge is 0.513 e. The Morgan fingerprint density at radius 3 is 2.40 bits per heavy atom. The molecule has 0 aliphatic rings. The number of aromatic nitrogens is 1. The summed E-state index contributed by atoms with van der Waals surface area (Å²) in [7, 11) is 0. The van der Waals surface area contributed by atoms with Crippen molar-refractivity contribution in [1.29, 1.82) is 0 Å². The summed E-state index contributed by atoms with van der Waals surface area (Å²) in [5.41, 5.74) is 2.01. The van der Waals surface area contributed by atoms with Crippen molar-refractivity contribution in [3.05, 3.63) is 30.6 Å². The normalized spacial score (nSPS) is 8.90. The van der Waals surface area contributed by atoms with E-state index in [-0.39, 0.29) is 6.03 Å². The van der Waals surface area contributed by atoms with Gasteiger partial charge < -0.3 is 0 Å². The molecular formula is C6H8N3O+. The third-order valence-corrected chi connectivity index (χ3v) is 1.07. The highest BCUT2D eigenvalue weighted by molar-refractivity contribution is 5.62. The number of nitrogens with one attached hydrogen (secondary N) is 1. The smallest absolute Gasteiger partial charge is 0.195 e. The van der Waals surface area contributed by atoms with Crippen LogP contribution in [0.4, 0.5) is 4.79 Å². The first-order valence-corrected chi connectivity index (χ1v) is 2.82. The van der Waals surface area contributed by atoms with E-state index in [0.717, 1.165) is 0 Å². The third-order valence-electron chi connectivity index (χ3n) is 1.07. The highest BCUT2D eigenvalue weighted by atomic mass is 16.2. The van der Waals surface area contributed by atoms with Gasteiger partial charge in [-0.15, -0.1) is 0 Å². The summed E-state index contributed by atoms with van der Waals surface area (Å²) in [4.78, 5) is 10.7. The molecule has 52 valence electrons. The molecule has 0 aliphatic heterocycles. The van der Waals surface area contributed by atoms with Gasteiger partial charge in [0.05, 0.1) is 12.4 Å². The Morgan fingerprint density at radius 2 is 1.90 bits per heavy atom. The quantitative estimate of drug-likeness (QED) is 0.218. The van der Waals surface area contributed by atoms with Gasteiger partial charge in [0.25, 0.3) is 0 Å². The summed E-state index contributed by atoms with van der Waals surface area (Å²) in [5, 5.41) is 0. The average molecular weight is 138 g/mol. The molecule has 0 aromatic carbocycles. The minimum Gasteiger partial charge on any atom is -0.195 e. The molecular weight excluding hydrogens is 130 g/mol. The standard InChI is InChI=1S/C6H7N3O/c7-8-6(10)9-4-2-1-3-5-9/h1-5H,7H2/p+1. The van der Waals surface area contributed by atoms with Gasteiger partial charge in [-0.25, -0.2) is 0 Å². The number of hydrogen-bond donors (Lipinski definition) is 2. The molecule has 3 N–H and O–H groups in total. The Hall–Kier alpha value is -1.42. The maximum Gasteiger partial charge on any atom is 0.513 e. The van der Waals surface area contributed by atoms with Crippen LogP contribution in [0, 0.1) is 0 Å². The van der Waals surface area contributed by atoms with E-state index < -0.39 is 0 Å². The van der Waals surface area contributed by atoms with Gasteiger partial charge in [-0.05, 0) is 12.1 Å². The van der Waals surface area contributed by atoms with Gasteiger partial charge in [0, 0.05) is 0 Å². The average Bonchev–Trinajstić information content (AvgIpc) is 2.05. The molecule has 1 heterocycles. The predicted molar refractivity (Wildman–Crippen MR) is 34.8 cm³/mol. The minimum atomic E-state index is -0.347. The van der Waals surface area contributed by atoms with Crippen LogP contribution in [0.5, 0.6) is 0 Å². The summed E-state index contributed by atoms with van der Waals surface area (Å²) < 4.78 is 1.35. The summed E-state index contributed by atoms with van der Waals surface area (Å²) in [6, 6.07) is 4.96. The lowest BCUT2D eigenvalue weighted by Crippen LogP contribution is -2.52. The van der Waals surface area contributed by atoms with E-state index in [4.69, 9.17) is 5.84 Å². The van der Waals surface area contributed by atoms with Crippen molar-refractivity contribution in [3.8, 4) is 0 Å². The van der Waals surface area contributed by atoms with E-state index >= 15 is 0 Å². The van der Waals surface area contributed by atoms with Crippen molar-refractivity contribution in [2.45, 2.75) is 0 Å². The van der Waals surface area contributed by atoms with E-state index in [1.807, 2.05) is 11.5 Å². The molecule has 0 saturated heterocycles. The number of carbonyl (C=O) groups is 1. The molecule has 0 bridgehead atoms. The number of nitrogen functional groups attached to an aromatic ring is 1. The first kappa shape index (κ1) is 6.70. The van der Waals surface area contributed by atoms with Crippen LogP contribution in [-0.2, 0) is 0 Å². The first-order chi connectivity index (χ1) is 4.84. The van der Waals surface area contributed by atoms with Crippen LogP contribution in [0.1, 0.15) is 0 Å². The van der Waals surface area contributed by atoms with Gasteiger partial charge in [-0.1, -0.05) is 6.07 Å².